The highest BCUT2D eigenvalue weighted by atomic mass is 19.1. The molecule has 0 bridgehead atoms. The van der Waals surface area contributed by atoms with E-state index in [0.717, 1.165) is 0 Å². The second kappa shape index (κ2) is 6.62. The molecule has 132 valence electrons. The van der Waals surface area contributed by atoms with Crippen LogP contribution in [0.5, 0.6) is 0 Å². The van der Waals surface area contributed by atoms with Crippen LogP contribution in [-0.2, 0) is 11.3 Å². The Balaban J connectivity index is 1.71. The van der Waals surface area contributed by atoms with Crippen LogP contribution in [-0.4, -0.2) is 50.0 Å². The Kier molecular flexibility index (Phi) is 4.52. The molecule has 0 radical (unpaired) electrons. The number of rotatable bonds is 4. The number of benzene rings is 1. The van der Waals surface area contributed by atoms with Gasteiger partial charge in [-0.1, -0.05) is 17.3 Å². The van der Waals surface area contributed by atoms with E-state index in [2.05, 4.69) is 10.3 Å². The molecule has 1 aliphatic rings. The molecule has 1 aromatic carbocycles. The van der Waals surface area contributed by atoms with Gasteiger partial charge in [0.05, 0.1) is 18.2 Å². The van der Waals surface area contributed by atoms with E-state index in [9.17, 15) is 19.1 Å². The van der Waals surface area contributed by atoms with Gasteiger partial charge in [0, 0.05) is 13.1 Å². The number of carboxylic acid groups (broad SMARTS) is 1. The molecule has 1 atom stereocenters. The molecule has 1 saturated heterocycles. The summed E-state index contributed by atoms with van der Waals surface area (Å²) in [5.74, 6) is -1.58. The van der Waals surface area contributed by atoms with E-state index >= 15 is 0 Å². The van der Waals surface area contributed by atoms with E-state index in [1.165, 1.54) is 27.9 Å². The minimum absolute atomic E-state index is 0.151. The van der Waals surface area contributed by atoms with Crippen molar-refractivity contribution in [2.75, 3.05) is 13.1 Å². The zero-order valence-electron chi connectivity index (χ0n) is 13.9. The first-order valence-electron chi connectivity index (χ1n) is 8.05. The zero-order valence-corrected chi connectivity index (χ0v) is 13.9. The number of amides is 1. The van der Waals surface area contributed by atoms with Crippen LogP contribution in [0.25, 0.3) is 0 Å². The van der Waals surface area contributed by atoms with Crippen LogP contribution in [0.4, 0.5) is 4.39 Å². The van der Waals surface area contributed by atoms with Crippen molar-refractivity contribution in [2.45, 2.75) is 26.3 Å². The van der Waals surface area contributed by atoms with Gasteiger partial charge in [0.15, 0.2) is 5.69 Å². The van der Waals surface area contributed by atoms with Crippen LogP contribution in [0.2, 0.25) is 0 Å². The zero-order chi connectivity index (χ0) is 18.0. The van der Waals surface area contributed by atoms with Gasteiger partial charge in [-0.15, -0.1) is 5.10 Å². The van der Waals surface area contributed by atoms with Gasteiger partial charge in [0.25, 0.3) is 5.91 Å². The molecule has 0 saturated carbocycles. The molecule has 25 heavy (non-hydrogen) atoms. The van der Waals surface area contributed by atoms with Crippen molar-refractivity contribution in [2.24, 2.45) is 5.41 Å². The maximum Gasteiger partial charge on any atom is 0.311 e. The normalized spacial score (nSPS) is 20.5. The van der Waals surface area contributed by atoms with Gasteiger partial charge in [0.1, 0.15) is 5.82 Å². The highest BCUT2D eigenvalue weighted by molar-refractivity contribution is 5.92. The van der Waals surface area contributed by atoms with Crippen LogP contribution in [0.15, 0.2) is 30.5 Å². The minimum atomic E-state index is -0.939. The van der Waals surface area contributed by atoms with Crippen molar-refractivity contribution >= 4 is 11.9 Å². The van der Waals surface area contributed by atoms with Gasteiger partial charge < -0.3 is 10.0 Å². The van der Waals surface area contributed by atoms with Crippen LogP contribution in [0.1, 0.15) is 35.8 Å². The van der Waals surface area contributed by atoms with Gasteiger partial charge in [-0.25, -0.2) is 9.07 Å². The summed E-state index contributed by atoms with van der Waals surface area (Å²) in [6.07, 6.45) is 2.67. The van der Waals surface area contributed by atoms with Gasteiger partial charge in [-0.05, 0) is 37.5 Å². The predicted molar refractivity (Wildman–Crippen MR) is 86.4 cm³/mol. The monoisotopic (exact) mass is 346 g/mol. The number of likely N-dealkylation sites (tertiary alicyclic amines) is 1. The average Bonchev–Trinajstić information content (AvgIpc) is 3.02. The van der Waals surface area contributed by atoms with Crippen molar-refractivity contribution in [3.63, 3.8) is 0 Å². The molecule has 1 fully saturated rings. The van der Waals surface area contributed by atoms with E-state index in [4.69, 9.17) is 0 Å². The van der Waals surface area contributed by atoms with Gasteiger partial charge in [-0.3, -0.25) is 9.59 Å². The number of hydrogen-bond donors (Lipinski definition) is 1. The Morgan fingerprint density at radius 1 is 1.40 bits per heavy atom. The number of aromatic nitrogens is 3. The smallest absolute Gasteiger partial charge is 0.311 e. The highest BCUT2D eigenvalue weighted by Crippen LogP contribution is 2.30. The quantitative estimate of drug-likeness (QED) is 0.912. The van der Waals surface area contributed by atoms with Crippen LogP contribution >= 0.6 is 0 Å². The maximum absolute atomic E-state index is 13.2. The summed E-state index contributed by atoms with van der Waals surface area (Å²) in [7, 11) is 0. The van der Waals surface area contributed by atoms with Gasteiger partial charge >= 0.3 is 5.97 Å². The molecule has 1 aliphatic heterocycles. The Hall–Kier alpha value is -2.77. The standard InChI is InChI=1S/C17H19FN4O3/c1-17(16(24)25)6-3-7-21(11-17)15(23)14-10-22(20-19-14)9-12-4-2-5-13(18)8-12/h2,4-5,8,10H,3,6-7,9,11H2,1H3,(H,24,25). The van der Waals surface area contributed by atoms with Gasteiger partial charge in [0.2, 0.25) is 0 Å². The Morgan fingerprint density at radius 3 is 2.92 bits per heavy atom. The Morgan fingerprint density at radius 2 is 2.20 bits per heavy atom. The molecule has 1 N–H and O–H groups in total. The molecule has 2 aromatic rings. The first-order chi connectivity index (χ1) is 11.9. The maximum atomic E-state index is 13.2. The summed E-state index contributed by atoms with van der Waals surface area (Å²) < 4.78 is 14.7. The number of halogens is 1. The first kappa shape index (κ1) is 17.1. The lowest BCUT2D eigenvalue weighted by molar-refractivity contribution is -0.150. The fourth-order valence-electron chi connectivity index (χ4n) is 3.05. The summed E-state index contributed by atoms with van der Waals surface area (Å²) in [6.45, 7) is 2.59. The number of aliphatic carboxylic acids is 1. The SMILES string of the molecule is CC1(C(=O)O)CCCN(C(=O)c2cn(Cc3cccc(F)c3)nn2)C1. The average molecular weight is 346 g/mol. The fraction of sp³-hybridized carbons (Fsp3) is 0.412. The topological polar surface area (TPSA) is 88.3 Å². The summed E-state index contributed by atoms with van der Waals surface area (Å²) in [6, 6.07) is 6.12. The Labute approximate surface area is 144 Å². The first-order valence-corrected chi connectivity index (χ1v) is 8.05. The minimum Gasteiger partial charge on any atom is -0.481 e. The molecule has 1 amide bonds. The van der Waals surface area contributed by atoms with E-state index in [0.29, 0.717) is 31.5 Å². The van der Waals surface area contributed by atoms with Crippen molar-refractivity contribution in [1.82, 2.24) is 19.9 Å². The van der Waals surface area contributed by atoms with Gasteiger partial charge in [-0.2, -0.15) is 0 Å². The van der Waals surface area contributed by atoms with E-state index in [1.807, 2.05) is 0 Å². The van der Waals surface area contributed by atoms with Crippen molar-refractivity contribution in [3.05, 3.63) is 47.5 Å². The number of carbonyl (C=O) groups is 2. The lowest BCUT2D eigenvalue weighted by atomic mass is 9.82. The number of carboxylic acids is 1. The largest absolute Gasteiger partial charge is 0.481 e. The molecular weight excluding hydrogens is 327 g/mol. The third-order valence-corrected chi connectivity index (χ3v) is 4.49. The number of nitrogens with zero attached hydrogens (tertiary/aromatic N) is 4. The Bertz CT molecular complexity index is 807. The van der Waals surface area contributed by atoms with E-state index < -0.39 is 11.4 Å². The molecule has 0 aliphatic carbocycles. The lowest BCUT2D eigenvalue weighted by Gasteiger charge is -2.37. The van der Waals surface area contributed by atoms with Crippen LogP contribution in [0, 0.1) is 11.2 Å². The predicted octanol–water partition coefficient (Wildman–Crippen LogP) is 1.79. The molecule has 7 nitrogen and oxygen atoms in total. The molecule has 1 aromatic heterocycles. The molecule has 8 heteroatoms. The number of piperidine rings is 1. The molecule has 2 heterocycles. The van der Waals surface area contributed by atoms with Crippen molar-refractivity contribution in [1.29, 1.82) is 0 Å². The summed E-state index contributed by atoms with van der Waals surface area (Å²) in [5, 5.41) is 17.1. The fourth-order valence-corrected chi connectivity index (χ4v) is 3.05. The number of hydrogen-bond acceptors (Lipinski definition) is 4. The molecule has 0 spiro atoms. The molecule has 3 rings (SSSR count). The number of carbonyl (C=O) groups excluding carboxylic acids is 1. The highest BCUT2D eigenvalue weighted by Gasteiger charge is 2.39. The molecule has 1 unspecified atom stereocenters. The summed E-state index contributed by atoms with van der Waals surface area (Å²) >= 11 is 0. The van der Waals surface area contributed by atoms with Crippen molar-refractivity contribution < 1.29 is 19.1 Å². The second-order valence-corrected chi connectivity index (χ2v) is 6.63. The van der Waals surface area contributed by atoms with Crippen molar-refractivity contribution in [3.8, 4) is 0 Å². The summed E-state index contributed by atoms with van der Waals surface area (Å²) in [4.78, 5) is 25.5. The van der Waals surface area contributed by atoms with Crippen LogP contribution in [0.3, 0.4) is 0 Å². The van der Waals surface area contributed by atoms with Crippen LogP contribution < -0.4 is 0 Å². The van der Waals surface area contributed by atoms with E-state index in [-0.39, 0.29) is 24.0 Å². The molecular formula is C17H19FN4O3. The van der Waals surface area contributed by atoms with E-state index in [1.54, 1.807) is 19.1 Å². The third kappa shape index (κ3) is 3.67. The second-order valence-electron chi connectivity index (χ2n) is 6.63. The summed E-state index contributed by atoms with van der Waals surface area (Å²) in [5.41, 5.74) is -0.0720. The lowest BCUT2D eigenvalue weighted by Crippen LogP contribution is -2.48. The third-order valence-electron chi connectivity index (χ3n) is 4.49.